The van der Waals surface area contributed by atoms with E-state index in [-0.39, 0.29) is 10.8 Å². The molecule has 5 nitrogen and oxygen atoms in total. The first-order valence-electron chi connectivity index (χ1n) is 11.1. The molecule has 0 amide bonds. The highest BCUT2D eigenvalue weighted by Gasteiger charge is 2.26. The topological polar surface area (TPSA) is 48.5 Å². The summed E-state index contributed by atoms with van der Waals surface area (Å²) in [5.41, 5.74) is 5.80. The van der Waals surface area contributed by atoms with Crippen LogP contribution in [0.1, 0.15) is 53.2 Å². The second-order valence-corrected chi connectivity index (χ2v) is 10.4. The molecular formula is C27H29N5. The van der Waals surface area contributed by atoms with Crippen LogP contribution >= 0.6 is 0 Å². The van der Waals surface area contributed by atoms with Gasteiger partial charge in [-0.15, -0.1) is 0 Å². The number of para-hydroxylation sites is 2. The minimum absolute atomic E-state index is 0.102. The molecule has 0 aliphatic rings. The molecule has 0 radical (unpaired) electrons. The fraction of sp³-hybridized carbons (Fsp3) is 0.296. The second-order valence-electron chi connectivity index (χ2n) is 10.4. The molecule has 0 saturated heterocycles. The van der Waals surface area contributed by atoms with Crippen molar-refractivity contribution in [2.75, 3.05) is 0 Å². The number of rotatable bonds is 2. The molecule has 0 fully saturated rings. The lowest BCUT2D eigenvalue weighted by Crippen LogP contribution is -2.19. The second kappa shape index (κ2) is 7.02. The van der Waals surface area contributed by atoms with Gasteiger partial charge < -0.3 is 0 Å². The Morgan fingerprint density at radius 2 is 1.22 bits per heavy atom. The number of benzene rings is 2. The Bertz CT molecular complexity index is 1330. The summed E-state index contributed by atoms with van der Waals surface area (Å²) < 4.78 is 4.47. The molecule has 0 N–H and O–H groups in total. The van der Waals surface area contributed by atoms with Gasteiger partial charge in [-0.1, -0.05) is 59.7 Å². The van der Waals surface area contributed by atoms with Crippen LogP contribution in [0.15, 0.2) is 66.9 Å². The van der Waals surface area contributed by atoms with E-state index < -0.39 is 0 Å². The maximum atomic E-state index is 4.99. The smallest absolute Gasteiger partial charge is 0.164 e. The van der Waals surface area contributed by atoms with E-state index in [0.29, 0.717) is 0 Å². The minimum Gasteiger partial charge on any atom is -0.296 e. The predicted octanol–water partition coefficient (Wildman–Crippen LogP) is 6.35. The first-order valence-corrected chi connectivity index (χ1v) is 11.1. The summed E-state index contributed by atoms with van der Waals surface area (Å²) in [6.45, 7) is 13.2. The van der Waals surface area contributed by atoms with Gasteiger partial charge in [0.2, 0.25) is 0 Å². The summed E-state index contributed by atoms with van der Waals surface area (Å²) in [7, 11) is 0. The fourth-order valence-electron chi connectivity index (χ4n) is 4.22. The molecule has 5 rings (SSSR count). The summed E-state index contributed by atoms with van der Waals surface area (Å²) >= 11 is 0. The molecule has 32 heavy (non-hydrogen) atoms. The Hall–Kier alpha value is -3.47. The summed E-state index contributed by atoms with van der Waals surface area (Å²) in [5.74, 6) is 2.04. The SMILES string of the molecule is CC(C)(C)c1nc2ccccc2n1-c1cccc(-n2c(C(C)(C)C)nc3cccnc32)c1. The van der Waals surface area contributed by atoms with Crippen LogP contribution in [0, 0.1) is 0 Å². The molecule has 3 heterocycles. The lowest BCUT2D eigenvalue weighted by molar-refractivity contribution is 0.537. The fourth-order valence-corrected chi connectivity index (χ4v) is 4.22. The summed E-state index contributed by atoms with van der Waals surface area (Å²) in [6, 6.07) is 20.9. The van der Waals surface area contributed by atoms with Gasteiger partial charge in [-0.2, -0.15) is 0 Å². The predicted molar refractivity (Wildman–Crippen MR) is 131 cm³/mol. The van der Waals surface area contributed by atoms with E-state index in [1.54, 1.807) is 0 Å². The average molecular weight is 424 g/mol. The molecule has 0 saturated carbocycles. The Morgan fingerprint density at radius 3 is 1.94 bits per heavy atom. The Kier molecular flexibility index (Phi) is 4.48. The molecule has 0 aliphatic carbocycles. The highest BCUT2D eigenvalue weighted by Crippen LogP contribution is 2.32. The van der Waals surface area contributed by atoms with E-state index >= 15 is 0 Å². The lowest BCUT2D eigenvalue weighted by Gasteiger charge is -2.22. The van der Waals surface area contributed by atoms with Crippen molar-refractivity contribution in [1.29, 1.82) is 0 Å². The maximum absolute atomic E-state index is 4.99. The van der Waals surface area contributed by atoms with Gasteiger partial charge in [-0.25, -0.2) is 15.0 Å². The Morgan fingerprint density at radius 1 is 0.625 bits per heavy atom. The zero-order valence-corrected chi connectivity index (χ0v) is 19.6. The number of hydrogen-bond donors (Lipinski definition) is 0. The Labute approximate surface area is 188 Å². The first kappa shape index (κ1) is 20.4. The van der Waals surface area contributed by atoms with Crippen molar-refractivity contribution in [2.45, 2.75) is 52.4 Å². The van der Waals surface area contributed by atoms with E-state index in [2.05, 4.69) is 98.1 Å². The summed E-state index contributed by atoms with van der Waals surface area (Å²) in [5, 5.41) is 0. The molecule has 0 bridgehead atoms. The third kappa shape index (κ3) is 3.29. The van der Waals surface area contributed by atoms with Crippen molar-refractivity contribution in [3.63, 3.8) is 0 Å². The van der Waals surface area contributed by atoms with Gasteiger partial charge >= 0.3 is 0 Å². The van der Waals surface area contributed by atoms with Crippen molar-refractivity contribution >= 4 is 22.2 Å². The number of hydrogen-bond acceptors (Lipinski definition) is 3. The standard InChI is InChI=1S/C27H29N5/c1-26(2,3)24-29-20-13-7-8-15-22(20)31(24)18-11-9-12-19(17-18)32-23-21(14-10-16-28-23)30-25(32)27(4,5)6/h7-17H,1-6H3. The summed E-state index contributed by atoms with van der Waals surface area (Å²) in [4.78, 5) is 14.6. The van der Waals surface area contributed by atoms with Crippen LogP contribution in [0.3, 0.4) is 0 Å². The van der Waals surface area contributed by atoms with E-state index in [1.807, 2.05) is 24.4 Å². The van der Waals surface area contributed by atoms with Crippen molar-refractivity contribution in [3.05, 3.63) is 78.5 Å². The van der Waals surface area contributed by atoms with E-state index in [9.17, 15) is 0 Å². The Balaban J connectivity index is 1.79. The van der Waals surface area contributed by atoms with Gasteiger partial charge in [-0.05, 0) is 42.5 Å². The van der Waals surface area contributed by atoms with Gasteiger partial charge in [0.15, 0.2) is 5.65 Å². The maximum Gasteiger partial charge on any atom is 0.164 e. The zero-order chi connectivity index (χ0) is 22.7. The van der Waals surface area contributed by atoms with Gasteiger partial charge in [0.25, 0.3) is 0 Å². The molecule has 0 atom stereocenters. The molecule has 0 unspecified atom stereocenters. The molecular weight excluding hydrogens is 394 g/mol. The number of pyridine rings is 1. The molecule has 5 aromatic rings. The van der Waals surface area contributed by atoms with Crippen LogP contribution in [0.2, 0.25) is 0 Å². The monoisotopic (exact) mass is 423 g/mol. The van der Waals surface area contributed by atoms with Crippen LogP contribution in [-0.4, -0.2) is 24.1 Å². The van der Waals surface area contributed by atoms with Gasteiger partial charge in [0.1, 0.15) is 17.2 Å². The number of nitrogens with zero attached hydrogens (tertiary/aromatic N) is 5. The minimum atomic E-state index is -0.130. The third-order valence-electron chi connectivity index (χ3n) is 5.66. The van der Waals surface area contributed by atoms with Crippen LogP contribution < -0.4 is 0 Å². The molecule has 5 heteroatoms. The molecule has 0 aliphatic heterocycles. The van der Waals surface area contributed by atoms with Gasteiger partial charge in [0, 0.05) is 22.7 Å². The third-order valence-corrected chi connectivity index (χ3v) is 5.66. The van der Waals surface area contributed by atoms with Crippen molar-refractivity contribution in [1.82, 2.24) is 24.1 Å². The van der Waals surface area contributed by atoms with Crippen molar-refractivity contribution < 1.29 is 0 Å². The lowest BCUT2D eigenvalue weighted by atomic mass is 9.95. The largest absolute Gasteiger partial charge is 0.296 e. The molecule has 162 valence electrons. The quantitative estimate of drug-likeness (QED) is 0.332. The van der Waals surface area contributed by atoms with Crippen molar-refractivity contribution in [3.8, 4) is 11.4 Å². The van der Waals surface area contributed by atoms with Crippen LogP contribution in [-0.2, 0) is 10.8 Å². The number of aromatic nitrogens is 5. The van der Waals surface area contributed by atoms with Crippen LogP contribution in [0.25, 0.3) is 33.6 Å². The van der Waals surface area contributed by atoms with E-state index in [0.717, 1.165) is 45.2 Å². The average Bonchev–Trinajstić information content (AvgIpc) is 3.33. The van der Waals surface area contributed by atoms with E-state index in [4.69, 9.17) is 9.97 Å². The summed E-state index contributed by atoms with van der Waals surface area (Å²) in [6.07, 6.45) is 1.83. The van der Waals surface area contributed by atoms with Crippen LogP contribution in [0.5, 0.6) is 0 Å². The molecule has 2 aromatic carbocycles. The van der Waals surface area contributed by atoms with Gasteiger partial charge in [0.05, 0.1) is 16.7 Å². The first-order chi connectivity index (χ1) is 15.1. The highest BCUT2D eigenvalue weighted by molar-refractivity contribution is 5.79. The number of imidazole rings is 2. The molecule has 0 spiro atoms. The van der Waals surface area contributed by atoms with E-state index in [1.165, 1.54) is 0 Å². The van der Waals surface area contributed by atoms with Crippen molar-refractivity contribution in [2.24, 2.45) is 0 Å². The zero-order valence-electron chi connectivity index (χ0n) is 19.6. The number of fused-ring (bicyclic) bond motifs is 2. The normalized spacial score (nSPS) is 12.7. The molecule has 3 aromatic heterocycles. The highest BCUT2D eigenvalue weighted by atomic mass is 15.1. The van der Waals surface area contributed by atoms with Crippen LogP contribution in [0.4, 0.5) is 0 Å². The van der Waals surface area contributed by atoms with Gasteiger partial charge in [-0.3, -0.25) is 9.13 Å².